The largest absolute Gasteiger partial charge is 0.396 e. The minimum atomic E-state index is -0.814. The molecule has 0 bridgehead atoms. The number of rotatable bonds is 6. The van der Waals surface area contributed by atoms with Crippen molar-refractivity contribution in [2.45, 2.75) is 18.9 Å². The topological polar surface area (TPSA) is 80.4 Å². The highest BCUT2D eigenvalue weighted by Crippen LogP contribution is 2.17. The van der Waals surface area contributed by atoms with Gasteiger partial charge in [-0.1, -0.05) is 0 Å². The van der Waals surface area contributed by atoms with E-state index in [-0.39, 0.29) is 0 Å². The van der Waals surface area contributed by atoms with Gasteiger partial charge in [-0.25, -0.2) is 0 Å². The third-order valence-corrected chi connectivity index (χ3v) is 2.36. The maximum Gasteiger partial charge on any atom is 0.0813 e. The van der Waals surface area contributed by atoms with Crippen molar-refractivity contribution in [3.63, 3.8) is 0 Å². The fourth-order valence-electron chi connectivity index (χ4n) is 1.26. The molecule has 16 heavy (non-hydrogen) atoms. The Morgan fingerprint density at radius 1 is 1.62 bits per heavy atom. The average molecular weight is 225 g/mol. The summed E-state index contributed by atoms with van der Waals surface area (Å²) in [7, 11) is 1.62. The number of methoxy groups -OCH3 is 1. The molecule has 90 valence electrons. The lowest BCUT2D eigenvalue weighted by Gasteiger charge is -2.24. The van der Waals surface area contributed by atoms with E-state index in [2.05, 4.69) is 10.3 Å². The van der Waals surface area contributed by atoms with E-state index >= 15 is 0 Å². The Morgan fingerprint density at radius 3 is 3.00 bits per heavy atom. The molecule has 0 radical (unpaired) electrons. The molecule has 5 heteroatoms. The molecule has 1 aromatic heterocycles. The number of nitrogens with zero attached hydrogens (tertiary/aromatic N) is 1. The summed E-state index contributed by atoms with van der Waals surface area (Å²) in [5, 5.41) is 13.1. The Hall–Kier alpha value is -1.33. The molecule has 0 saturated carbocycles. The molecule has 1 aromatic rings. The standard InChI is InChI=1S/C11H19N3O2/c1-11(15,4-6-16-2)8-14-10-3-5-13-7-9(10)12/h3,5,7,15H,4,6,8,12H2,1-2H3,(H,13,14). The van der Waals surface area contributed by atoms with Crippen LogP contribution in [0.25, 0.3) is 0 Å². The lowest BCUT2D eigenvalue weighted by atomic mass is 10.0. The van der Waals surface area contributed by atoms with Gasteiger partial charge in [0.15, 0.2) is 0 Å². The first-order valence-electron chi connectivity index (χ1n) is 5.20. The van der Waals surface area contributed by atoms with Gasteiger partial charge in [0, 0.05) is 32.9 Å². The van der Waals surface area contributed by atoms with Crippen molar-refractivity contribution in [1.29, 1.82) is 0 Å². The minimum absolute atomic E-state index is 0.421. The van der Waals surface area contributed by atoms with Crippen molar-refractivity contribution in [3.05, 3.63) is 18.5 Å². The lowest BCUT2D eigenvalue weighted by molar-refractivity contribution is 0.0358. The van der Waals surface area contributed by atoms with E-state index in [0.717, 1.165) is 5.69 Å². The summed E-state index contributed by atoms with van der Waals surface area (Å²) < 4.78 is 4.93. The molecule has 4 N–H and O–H groups in total. The van der Waals surface area contributed by atoms with Crippen LogP contribution in [0.3, 0.4) is 0 Å². The second-order valence-electron chi connectivity index (χ2n) is 4.06. The zero-order chi connectivity index (χ0) is 12.0. The van der Waals surface area contributed by atoms with Crippen LogP contribution in [-0.4, -0.2) is 36.0 Å². The smallest absolute Gasteiger partial charge is 0.0813 e. The van der Waals surface area contributed by atoms with Crippen molar-refractivity contribution in [1.82, 2.24) is 4.98 Å². The van der Waals surface area contributed by atoms with Gasteiger partial charge in [-0.15, -0.1) is 0 Å². The van der Waals surface area contributed by atoms with E-state index in [1.54, 1.807) is 32.5 Å². The fraction of sp³-hybridized carbons (Fsp3) is 0.545. The van der Waals surface area contributed by atoms with Gasteiger partial charge in [0.2, 0.25) is 0 Å². The quantitative estimate of drug-likeness (QED) is 0.669. The lowest BCUT2D eigenvalue weighted by Crippen LogP contribution is -2.34. The van der Waals surface area contributed by atoms with Crippen LogP contribution in [0, 0.1) is 0 Å². The minimum Gasteiger partial charge on any atom is -0.396 e. The van der Waals surface area contributed by atoms with E-state index in [9.17, 15) is 5.11 Å². The van der Waals surface area contributed by atoms with Crippen LogP contribution >= 0.6 is 0 Å². The summed E-state index contributed by atoms with van der Waals surface area (Å²) in [6.45, 7) is 2.71. The summed E-state index contributed by atoms with van der Waals surface area (Å²) in [4.78, 5) is 3.89. The van der Waals surface area contributed by atoms with Crippen LogP contribution < -0.4 is 11.1 Å². The van der Waals surface area contributed by atoms with E-state index < -0.39 is 5.60 Å². The Bertz CT molecular complexity index is 329. The zero-order valence-electron chi connectivity index (χ0n) is 9.73. The third-order valence-electron chi connectivity index (χ3n) is 2.36. The van der Waals surface area contributed by atoms with Gasteiger partial charge in [-0.3, -0.25) is 4.98 Å². The number of hydrogen-bond acceptors (Lipinski definition) is 5. The van der Waals surface area contributed by atoms with Gasteiger partial charge in [0.05, 0.1) is 23.2 Å². The van der Waals surface area contributed by atoms with Crippen LogP contribution in [0.2, 0.25) is 0 Å². The second-order valence-corrected chi connectivity index (χ2v) is 4.06. The summed E-state index contributed by atoms with van der Waals surface area (Å²) in [5.74, 6) is 0. The number of nitrogens with two attached hydrogens (primary N) is 1. The van der Waals surface area contributed by atoms with E-state index in [0.29, 0.717) is 25.3 Å². The number of hydrogen-bond donors (Lipinski definition) is 3. The molecule has 1 heterocycles. The van der Waals surface area contributed by atoms with Gasteiger partial charge in [-0.2, -0.15) is 0 Å². The first kappa shape index (κ1) is 12.7. The van der Waals surface area contributed by atoms with Crippen molar-refractivity contribution in [2.75, 3.05) is 31.3 Å². The molecule has 1 atom stereocenters. The Labute approximate surface area is 95.6 Å². The van der Waals surface area contributed by atoms with Crippen LogP contribution in [0.1, 0.15) is 13.3 Å². The van der Waals surface area contributed by atoms with Crippen LogP contribution in [0.4, 0.5) is 11.4 Å². The fourth-order valence-corrected chi connectivity index (χ4v) is 1.26. The van der Waals surface area contributed by atoms with Gasteiger partial charge < -0.3 is 20.9 Å². The molecule has 1 unspecified atom stereocenters. The first-order chi connectivity index (χ1) is 7.55. The molecular weight excluding hydrogens is 206 g/mol. The van der Waals surface area contributed by atoms with Gasteiger partial charge in [0.25, 0.3) is 0 Å². The number of ether oxygens (including phenoxy) is 1. The van der Waals surface area contributed by atoms with Crippen LogP contribution in [-0.2, 0) is 4.74 Å². The molecule has 0 aromatic carbocycles. The monoisotopic (exact) mass is 225 g/mol. The van der Waals surface area contributed by atoms with Gasteiger partial charge in [0.1, 0.15) is 0 Å². The van der Waals surface area contributed by atoms with E-state index in [1.165, 1.54) is 0 Å². The SMILES string of the molecule is COCCC(C)(O)CNc1ccncc1N. The van der Waals surface area contributed by atoms with Crippen LogP contribution in [0.5, 0.6) is 0 Å². The summed E-state index contributed by atoms with van der Waals surface area (Å²) in [6.07, 6.45) is 3.80. The number of aliphatic hydroxyl groups is 1. The predicted octanol–water partition coefficient (Wildman–Crippen LogP) is 0.863. The average Bonchev–Trinajstić information content (AvgIpc) is 2.26. The second kappa shape index (κ2) is 5.67. The van der Waals surface area contributed by atoms with Gasteiger partial charge in [-0.05, 0) is 13.0 Å². The highest BCUT2D eigenvalue weighted by Gasteiger charge is 2.19. The molecule has 0 fully saturated rings. The molecule has 0 aliphatic carbocycles. The predicted molar refractivity (Wildman–Crippen MR) is 64.3 cm³/mol. The van der Waals surface area contributed by atoms with Crippen LogP contribution in [0.15, 0.2) is 18.5 Å². The third kappa shape index (κ3) is 4.04. The Kier molecular flexibility index (Phi) is 4.52. The normalized spacial score (nSPS) is 14.4. The Morgan fingerprint density at radius 2 is 2.38 bits per heavy atom. The zero-order valence-corrected chi connectivity index (χ0v) is 9.73. The number of pyridine rings is 1. The van der Waals surface area contributed by atoms with Crippen molar-refractivity contribution in [3.8, 4) is 0 Å². The molecule has 0 aliphatic heterocycles. The van der Waals surface area contributed by atoms with Crippen molar-refractivity contribution < 1.29 is 9.84 Å². The van der Waals surface area contributed by atoms with Gasteiger partial charge >= 0.3 is 0 Å². The molecule has 0 amide bonds. The van der Waals surface area contributed by atoms with E-state index in [4.69, 9.17) is 10.5 Å². The summed E-state index contributed by atoms with van der Waals surface area (Å²) >= 11 is 0. The maximum atomic E-state index is 10.00. The summed E-state index contributed by atoms with van der Waals surface area (Å²) in [6, 6.07) is 1.78. The molecule has 5 nitrogen and oxygen atoms in total. The molecule has 0 spiro atoms. The number of nitrogen functional groups attached to an aromatic ring is 1. The number of aromatic nitrogens is 1. The molecule has 0 aliphatic rings. The first-order valence-corrected chi connectivity index (χ1v) is 5.20. The molecule has 1 rings (SSSR count). The maximum absolute atomic E-state index is 10.00. The van der Waals surface area contributed by atoms with Crippen molar-refractivity contribution >= 4 is 11.4 Å². The highest BCUT2D eigenvalue weighted by atomic mass is 16.5. The molecular formula is C11H19N3O2. The number of nitrogens with one attached hydrogen (secondary N) is 1. The molecule has 0 saturated heterocycles. The van der Waals surface area contributed by atoms with Crippen molar-refractivity contribution in [2.24, 2.45) is 0 Å². The van der Waals surface area contributed by atoms with E-state index in [1.807, 2.05) is 0 Å². The Balaban J connectivity index is 2.47. The number of anilines is 2. The summed E-state index contributed by atoms with van der Waals surface area (Å²) in [5.41, 5.74) is 6.26. The highest BCUT2D eigenvalue weighted by molar-refractivity contribution is 5.64.